The summed E-state index contributed by atoms with van der Waals surface area (Å²) in [6.45, 7) is 6.82. The van der Waals surface area contributed by atoms with Crippen LogP contribution in [0.25, 0.3) is 0 Å². The smallest absolute Gasteiger partial charge is 0.139 e. The number of fused-ring (bicyclic) bond motifs is 5. The predicted molar refractivity (Wildman–Crippen MR) is 87.4 cm³/mol. The second-order valence-electron chi connectivity index (χ2n) is 9.78. The van der Waals surface area contributed by atoms with Gasteiger partial charge in [0.1, 0.15) is 5.78 Å². The van der Waals surface area contributed by atoms with Crippen molar-refractivity contribution in [3.8, 4) is 0 Å². The van der Waals surface area contributed by atoms with Crippen LogP contribution in [-0.4, -0.2) is 16.5 Å². The molecule has 7 atom stereocenters. The highest BCUT2D eigenvalue weighted by Crippen LogP contribution is 2.66. The lowest BCUT2D eigenvalue weighted by Gasteiger charge is -2.61. The SMILES string of the molecule is CC1(O)CC[C@@]2(C)C(CC[C@@H]3[C@H]2CC[C@]2(C)C(=O)CC[C@@H]32)C1. The number of Topliss-reactive ketones (excluding diaryl/α,β-unsaturated/α-hetero) is 1. The van der Waals surface area contributed by atoms with E-state index in [1.807, 2.05) is 6.92 Å². The summed E-state index contributed by atoms with van der Waals surface area (Å²) in [5.74, 6) is 3.47. The van der Waals surface area contributed by atoms with Gasteiger partial charge in [-0.2, -0.15) is 0 Å². The molecule has 2 unspecified atom stereocenters. The third-order valence-corrected chi connectivity index (χ3v) is 8.66. The van der Waals surface area contributed by atoms with Crippen LogP contribution in [0.2, 0.25) is 0 Å². The van der Waals surface area contributed by atoms with Crippen molar-refractivity contribution in [3.63, 3.8) is 0 Å². The third kappa shape index (κ3) is 1.92. The van der Waals surface area contributed by atoms with E-state index in [2.05, 4.69) is 13.8 Å². The molecule has 0 heterocycles. The molecule has 2 heteroatoms. The topological polar surface area (TPSA) is 37.3 Å². The number of ketones is 1. The number of aliphatic hydroxyl groups is 1. The Balaban J connectivity index is 1.63. The molecule has 0 bridgehead atoms. The van der Waals surface area contributed by atoms with E-state index in [0.29, 0.717) is 23.0 Å². The van der Waals surface area contributed by atoms with E-state index in [1.165, 1.54) is 25.7 Å². The fraction of sp³-hybridized carbons (Fsp3) is 0.950. The Morgan fingerprint density at radius 1 is 0.955 bits per heavy atom. The van der Waals surface area contributed by atoms with E-state index in [4.69, 9.17) is 0 Å². The highest BCUT2D eigenvalue weighted by atomic mass is 16.3. The lowest BCUT2D eigenvalue weighted by Crippen LogP contribution is -2.55. The predicted octanol–water partition coefficient (Wildman–Crippen LogP) is 4.35. The molecule has 0 aliphatic heterocycles. The van der Waals surface area contributed by atoms with Crippen molar-refractivity contribution in [2.45, 2.75) is 84.2 Å². The molecule has 0 amide bonds. The van der Waals surface area contributed by atoms with Crippen LogP contribution in [0.3, 0.4) is 0 Å². The number of hydrogen-bond donors (Lipinski definition) is 1. The van der Waals surface area contributed by atoms with Crippen LogP contribution in [0.4, 0.5) is 0 Å². The first-order valence-electron chi connectivity index (χ1n) is 9.52. The van der Waals surface area contributed by atoms with Crippen LogP contribution in [-0.2, 0) is 4.79 Å². The van der Waals surface area contributed by atoms with E-state index < -0.39 is 5.60 Å². The molecule has 4 aliphatic rings. The van der Waals surface area contributed by atoms with Crippen LogP contribution in [0.5, 0.6) is 0 Å². The fourth-order valence-electron chi connectivity index (χ4n) is 7.20. The molecule has 22 heavy (non-hydrogen) atoms. The standard InChI is InChI=1S/C20H32O2/c1-18(22)10-11-19(2)13(12-18)4-5-14-15-6-7-17(21)20(15,3)9-8-16(14)19/h13-16,22H,4-12H2,1-3H3/t13?,14-,15-,16+,18?,19-,20-/m0/s1. The summed E-state index contributed by atoms with van der Waals surface area (Å²) in [7, 11) is 0. The van der Waals surface area contributed by atoms with Gasteiger partial charge in [-0.25, -0.2) is 0 Å². The van der Waals surface area contributed by atoms with Crippen molar-refractivity contribution in [1.29, 1.82) is 0 Å². The Morgan fingerprint density at radius 3 is 2.50 bits per heavy atom. The zero-order valence-electron chi connectivity index (χ0n) is 14.5. The molecule has 4 aliphatic carbocycles. The molecule has 4 fully saturated rings. The van der Waals surface area contributed by atoms with Crippen molar-refractivity contribution in [3.05, 3.63) is 0 Å². The quantitative estimate of drug-likeness (QED) is 0.722. The molecule has 4 rings (SSSR count). The van der Waals surface area contributed by atoms with Gasteiger partial charge in [0.15, 0.2) is 0 Å². The van der Waals surface area contributed by atoms with Gasteiger partial charge in [-0.15, -0.1) is 0 Å². The molecule has 0 spiro atoms. The molecule has 2 nitrogen and oxygen atoms in total. The summed E-state index contributed by atoms with van der Waals surface area (Å²) < 4.78 is 0. The summed E-state index contributed by atoms with van der Waals surface area (Å²) in [5.41, 5.74) is -0.0217. The highest BCUT2D eigenvalue weighted by Gasteiger charge is 2.60. The summed E-state index contributed by atoms with van der Waals surface area (Å²) in [6.07, 6.45) is 10.1. The first-order valence-corrected chi connectivity index (χ1v) is 9.52. The lowest BCUT2D eigenvalue weighted by atomic mass is 9.44. The van der Waals surface area contributed by atoms with Crippen molar-refractivity contribution in [1.82, 2.24) is 0 Å². The van der Waals surface area contributed by atoms with E-state index in [0.717, 1.165) is 43.9 Å². The normalized spacial score (nSPS) is 57.9. The zero-order valence-corrected chi connectivity index (χ0v) is 14.5. The molecule has 4 saturated carbocycles. The fourth-order valence-corrected chi connectivity index (χ4v) is 7.20. The molecule has 0 aromatic heterocycles. The van der Waals surface area contributed by atoms with Crippen LogP contribution in [0.15, 0.2) is 0 Å². The first-order chi connectivity index (χ1) is 10.3. The van der Waals surface area contributed by atoms with Gasteiger partial charge >= 0.3 is 0 Å². The summed E-state index contributed by atoms with van der Waals surface area (Å²) in [6, 6.07) is 0. The average Bonchev–Trinajstić information content (AvgIpc) is 2.76. The molecular formula is C20H32O2. The van der Waals surface area contributed by atoms with Gasteiger partial charge in [-0.1, -0.05) is 13.8 Å². The molecule has 0 radical (unpaired) electrons. The van der Waals surface area contributed by atoms with E-state index in [1.54, 1.807) is 0 Å². The van der Waals surface area contributed by atoms with Gasteiger partial charge in [0.2, 0.25) is 0 Å². The second kappa shape index (κ2) is 4.59. The first kappa shape index (κ1) is 15.2. The maximum absolute atomic E-state index is 12.4. The summed E-state index contributed by atoms with van der Waals surface area (Å²) >= 11 is 0. The van der Waals surface area contributed by atoms with Gasteiger partial charge < -0.3 is 5.11 Å². The Labute approximate surface area is 135 Å². The molecule has 0 aromatic carbocycles. The minimum absolute atomic E-state index is 0.00449. The highest BCUT2D eigenvalue weighted by molar-refractivity contribution is 5.87. The van der Waals surface area contributed by atoms with Gasteiger partial charge in [0, 0.05) is 11.8 Å². The zero-order chi connectivity index (χ0) is 15.8. The Hall–Kier alpha value is -0.370. The molecule has 1 N–H and O–H groups in total. The number of rotatable bonds is 0. The molecule has 0 saturated heterocycles. The van der Waals surface area contributed by atoms with Gasteiger partial charge in [0.05, 0.1) is 5.60 Å². The lowest BCUT2D eigenvalue weighted by molar-refractivity contribution is -0.151. The third-order valence-electron chi connectivity index (χ3n) is 8.66. The maximum atomic E-state index is 12.4. The van der Waals surface area contributed by atoms with Crippen molar-refractivity contribution in [2.24, 2.45) is 34.5 Å². The van der Waals surface area contributed by atoms with Crippen LogP contribution >= 0.6 is 0 Å². The second-order valence-corrected chi connectivity index (χ2v) is 9.78. The average molecular weight is 304 g/mol. The summed E-state index contributed by atoms with van der Waals surface area (Å²) in [4.78, 5) is 12.4. The van der Waals surface area contributed by atoms with E-state index in [-0.39, 0.29) is 5.41 Å². The van der Waals surface area contributed by atoms with Crippen LogP contribution in [0.1, 0.15) is 78.6 Å². The maximum Gasteiger partial charge on any atom is 0.139 e. The number of hydrogen-bond acceptors (Lipinski definition) is 2. The molecular weight excluding hydrogens is 272 g/mol. The van der Waals surface area contributed by atoms with Crippen molar-refractivity contribution < 1.29 is 9.90 Å². The Bertz CT molecular complexity index is 496. The Morgan fingerprint density at radius 2 is 1.73 bits per heavy atom. The van der Waals surface area contributed by atoms with Gasteiger partial charge in [-0.3, -0.25) is 4.79 Å². The monoisotopic (exact) mass is 304 g/mol. The van der Waals surface area contributed by atoms with E-state index in [9.17, 15) is 9.90 Å². The van der Waals surface area contributed by atoms with Gasteiger partial charge in [0.25, 0.3) is 0 Å². The molecule has 124 valence electrons. The van der Waals surface area contributed by atoms with Crippen molar-refractivity contribution in [2.75, 3.05) is 0 Å². The number of carbonyl (C=O) groups excluding carboxylic acids is 1. The van der Waals surface area contributed by atoms with Gasteiger partial charge in [-0.05, 0) is 87.4 Å². The van der Waals surface area contributed by atoms with Crippen molar-refractivity contribution >= 4 is 5.78 Å². The Kier molecular flexibility index (Phi) is 3.16. The summed E-state index contributed by atoms with van der Waals surface area (Å²) in [5, 5.41) is 10.5. The minimum atomic E-state index is -0.441. The largest absolute Gasteiger partial charge is 0.390 e. The number of carbonyl (C=O) groups is 1. The minimum Gasteiger partial charge on any atom is -0.390 e. The van der Waals surface area contributed by atoms with E-state index >= 15 is 0 Å². The molecule has 0 aromatic rings. The van der Waals surface area contributed by atoms with Crippen LogP contribution < -0.4 is 0 Å². The van der Waals surface area contributed by atoms with Crippen LogP contribution in [0, 0.1) is 34.5 Å².